The van der Waals surface area contributed by atoms with E-state index in [1.165, 1.54) is 13.3 Å². The number of ether oxygens (including phenoxy) is 1. The van der Waals surface area contributed by atoms with Crippen LogP contribution in [0.2, 0.25) is 0 Å². The van der Waals surface area contributed by atoms with Crippen molar-refractivity contribution in [3.8, 4) is 11.6 Å². The monoisotopic (exact) mass is 283 g/mol. The molecular formula is C13H22BNO5. The Bertz CT molecular complexity index is 459. The second-order valence-electron chi connectivity index (χ2n) is 5.61. The first-order chi connectivity index (χ1) is 9.06. The first-order valence-electron chi connectivity index (χ1n) is 6.32. The molecule has 0 saturated carbocycles. The van der Waals surface area contributed by atoms with Crippen molar-refractivity contribution in [2.75, 3.05) is 7.11 Å². The first-order valence-corrected chi connectivity index (χ1v) is 6.32. The first kappa shape index (κ1) is 16.7. The molecule has 0 aromatic carbocycles. The summed E-state index contributed by atoms with van der Waals surface area (Å²) in [6.07, 6.45) is 1.43. The normalized spacial score (nSPS) is 12.2. The highest BCUT2D eigenvalue weighted by Crippen LogP contribution is 2.26. The smallest absolute Gasteiger partial charge is 0.511 e. The molecule has 20 heavy (non-hydrogen) atoms. The zero-order valence-corrected chi connectivity index (χ0v) is 12.8. The van der Waals surface area contributed by atoms with Crippen LogP contribution in [0.4, 0.5) is 0 Å². The summed E-state index contributed by atoms with van der Waals surface area (Å²) in [7, 11) is 0.0191. The zero-order valence-electron chi connectivity index (χ0n) is 12.8. The maximum absolute atomic E-state index is 9.95. The number of aryl methyl sites for hydroxylation is 1. The predicted molar refractivity (Wildman–Crippen MR) is 75.6 cm³/mol. The van der Waals surface area contributed by atoms with Crippen molar-refractivity contribution in [1.29, 1.82) is 0 Å². The Balaban J connectivity index is 2.72. The highest BCUT2D eigenvalue weighted by atomic mass is 16.7. The van der Waals surface area contributed by atoms with Crippen LogP contribution in [0.15, 0.2) is 12.3 Å². The van der Waals surface area contributed by atoms with Gasteiger partial charge in [0.2, 0.25) is 5.88 Å². The molecule has 1 aromatic rings. The largest absolute Gasteiger partial charge is 0.710 e. The SMILES string of the molecule is COc1ncc(OB(O)OC(C)(C)C(C)(C)O)cc1C. The molecule has 0 aliphatic rings. The Morgan fingerprint density at radius 3 is 2.30 bits per heavy atom. The van der Waals surface area contributed by atoms with Crippen LogP contribution in [0.1, 0.15) is 33.3 Å². The third-order valence-corrected chi connectivity index (χ3v) is 3.30. The summed E-state index contributed by atoms with van der Waals surface area (Å²) in [5.74, 6) is 0.840. The van der Waals surface area contributed by atoms with E-state index in [-0.39, 0.29) is 0 Å². The Morgan fingerprint density at radius 1 is 1.25 bits per heavy atom. The number of hydrogen-bond acceptors (Lipinski definition) is 6. The Labute approximate surface area is 119 Å². The Morgan fingerprint density at radius 2 is 1.85 bits per heavy atom. The van der Waals surface area contributed by atoms with Crippen molar-refractivity contribution in [2.24, 2.45) is 0 Å². The second-order valence-corrected chi connectivity index (χ2v) is 5.61. The lowest BCUT2D eigenvalue weighted by Gasteiger charge is -2.37. The molecule has 0 radical (unpaired) electrons. The van der Waals surface area contributed by atoms with Gasteiger partial charge in [0.1, 0.15) is 5.75 Å². The number of hydrogen-bond donors (Lipinski definition) is 2. The lowest BCUT2D eigenvalue weighted by molar-refractivity contribution is -0.108. The minimum atomic E-state index is -1.51. The molecule has 6 nitrogen and oxygen atoms in total. The molecule has 0 spiro atoms. The summed E-state index contributed by atoms with van der Waals surface area (Å²) in [5.41, 5.74) is -1.34. The van der Waals surface area contributed by atoms with Crippen molar-refractivity contribution >= 4 is 7.32 Å². The van der Waals surface area contributed by atoms with Gasteiger partial charge < -0.3 is 24.2 Å². The zero-order chi connectivity index (χ0) is 15.6. The van der Waals surface area contributed by atoms with Crippen LogP contribution >= 0.6 is 0 Å². The molecular weight excluding hydrogens is 261 g/mol. The lowest BCUT2D eigenvalue weighted by atomic mass is 9.88. The predicted octanol–water partition coefficient (Wildman–Crippen LogP) is 1.32. The van der Waals surface area contributed by atoms with E-state index in [0.717, 1.165) is 5.56 Å². The quantitative estimate of drug-likeness (QED) is 0.766. The van der Waals surface area contributed by atoms with E-state index in [1.807, 2.05) is 6.92 Å². The summed E-state index contributed by atoms with van der Waals surface area (Å²) in [4.78, 5) is 4.03. The molecule has 0 fully saturated rings. The second kappa shape index (κ2) is 5.99. The fraction of sp³-hybridized carbons (Fsp3) is 0.615. The number of pyridine rings is 1. The van der Waals surface area contributed by atoms with Crippen molar-refractivity contribution in [3.05, 3.63) is 17.8 Å². The number of aromatic nitrogens is 1. The molecule has 0 saturated heterocycles. The van der Waals surface area contributed by atoms with Gasteiger partial charge in [0, 0.05) is 5.56 Å². The average molecular weight is 283 g/mol. The van der Waals surface area contributed by atoms with E-state index in [0.29, 0.717) is 11.6 Å². The maximum Gasteiger partial charge on any atom is 0.710 e. The minimum absolute atomic E-state index is 0.349. The minimum Gasteiger partial charge on any atom is -0.511 e. The summed E-state index contributed by atoms with van der Waals surface area (Å²) in [5, 5.41) is 19.8. The number of methoxy groups -OCH3 is 1. The van der Waals surface area contributed by atoms with Crippen molar-refractivity contribution in [3.63, 3.8) is 0 Å². The number of aliphatic hydroxyl groups is 1. The van der Waals surface area contributed by atoms with E-state index < -0.39 is 18.5 Å². The van der Waals surface area contributed by atoms with Crippen LogP contribution < -0.4 is 9.39 Å². The number of nitrogens with zero attached hydrogens (tertiary/aromatic N) is 1. The summed E-state index contributed by atoms with van der Waals surface area (Å²) < 4.78 is 15.6. The van der Waals surface area contributed by atoms with Crippen LogP contribution in [0, 0.1) is 6.92 Å². The van der Waals surface area contributed by atoms with Gasteiger partial charge in [-0.1, -0.05) is 0 Å². The van der Waals surface area contributed by atoms with E-state index in [9.17, 15) is 10.1 Å². The van der Waals surface area contributed by atoms with Crippen molar-refractivity contribution in [1.82, 2.24) is 4.98 Å². The van der Waals surface area contributed by atoms with Gasteiger partial charge in [0.15, 0.2) is 0 Å². The molecule has 1 aromatic heterocycles. The average Bonchev–Trinajstić information content (AvgIpc) is 2.26. The van der Waals surface area contributed by atoms with Gasteiger partial charge in [0.05, 0.1) is 24.5 Å². The van der Waals surface area contributed by atoms with Gasteiger partial charge in [-0.25, -0.2) is 4.98 Å². The van der Waals surface area contributed by atoms with Crippen LogP contribution in [0.5, 0.6) is 11.6 Å². The molecule has 7 heteroatoms. The third-order valence-electron chi connectivity index (χ3n) is 3.30. The molecule has 0 bridgehead atoms. The van der Waals surface area contributed by atoms with Crippen LogP contribution in [0.3, 0.4) is 0 Å². The van der Waals surface area contributed by atoms with Gasteiger partial charge >= 0.3 is 7.32 Å². The van der Waals surface area contributed by atoms with E-state index in [4.69, 9.17) is 14.0 Å². The van der Waals surface area contributed by atoms with Gasteiger partial charge in [-0.3, -0.25) is 0 Å². The summed E-state index contributed by atoms with van der Waals surface area (Å²) >= 11 is 0. The molecule has 0 aliphatic carbocycles. The summed E-state index contributed by atoms with van der Waals surface area (Å²) in [6, 6.07) is 1.68. The fourth-order valence-corrected chi connectivity index (χ4v) is 1.35. The number of rotatable bonds is 6. The molecule has 1 heterocycles. The van der Waals surface area contributed by atoms with E-state index in [2.05, 4.69) is 4.98 Å². The molecule has 0 aliphatic heterocycles. The van der Waals surface area contributed by atoms with Crippen molar-refractivity contribution in [2.45, 2.75) is 45.8 Å². The van der Waals surface area contributed by atoms with Crippen LogP contribution in [-0.2, 0) is 4.65 Å². The molecule has 2 N–H and O–H groups in total. The fourth-order valence-electron chi connectivity index (χ4n) is 1.35. The topological polar surface area (TPSA) is 81.0 Å². The highest BCUT2D eigenvalue weighted by molar-refractivity contribution is 6.35. The molecule has 0 atom stereocenters. The summed E-state index contributed by atoms with van der Waals surface area (Å²) in [6.45, 7) is 8.33. The Kier molecular flexibility index (Phi) is 5.02. The molecule has 1 rings (SSSR count). The van der Waals surface area contributed by atoms with Gasteiger partial charge in [-0.15, -0.1) is 0 Å². The standard InChI is InChI=1S/C13H22BNO5/c1-9-7-10(8-15-11(9)18-6)19-14(17)20-13(4,5)12(2,3)16/h7-8,16-17H,1-6H3. The van der Waals surface area contributed by atoms with Crippen molar-refractivity contribution < 1.29 is 24.2 Å². The van der Waals surface area contributed by atoms with Crippen LogP contribution in [0.25, 0.3) is 0 Å². The van der Waals surface area contributed by atoms with Gasteiger partial charge in [-0.05, 0) is 40.7 Å². The Hall–Kier alpha value is -1.31. The van der Waals surface area contributed by atoms with Gasteiger partial charge in [0.25, 0.3) is 0 Å². The van der Waals surface area contributed by atoms with Gasteiger partial charge in [-0.2, -0.15) is 0 Å². The maximum atomic E-state index is 9.95. The molecule has 0 unspecified atom stereocenters. The molecule has 0 amide bonds. The highest BCUT2D eigenvalue weighted by Gasteiger charge is 2.41. The third kappa shape index (κ3) is 4.09. The molecule has 112 valence electrons. The van der Waals surface area contributed by atoms with Crippen LogP contribution in [-0.4, -0.2) is 40.7 Å². The van der Waals surface area contributed by atoms with E-state index in [1.54, 1.807) is 33.8 Å². The lowest BCUT2D eigenvalue weighted by Crippen LogP contribution is -2.51. The van der Waals surface area contributed by atoms with E-state index >= 15 is 0 Å².